The van der Waals surface area contributed by atoms with Crippen LogP contribution in [0.1, 0.15) is 27.0 Å². The highest BCUT2D eigenvalue weighted by Crippen LogP contribution is 2.29. The van der Waals surface area contributed by atoms with Crippen molar-refractivity contribution >= 4 is 23.6 Å². The van der Waals surface area contributed by atoms with Crippen LogP contribution in [0.3, 0.4) is 0 Å². The molecular formula is C20H20F3NO4S. The Bertz CT molecular complexity index is 869. The number of thioether (sulfide) groups is 1. The van der Waals surface area contributed by atoms with E-state index in [1.807, 2.05) is 0 Å². The number of carboxylic acid groups (broad SMARTS) is 1. The van der Waals surface area contributed by atoms with Crippen molar-refractivity contribution < 1.29 is 32.6 Å². The van der Waals surface area contributed by atoms with Gasteiger partial charge in [0.15, 0.2) is 0 Å². The summed E-state index contributed by atoms with van der Waals surface area (Å²) in [7, 11) is 1.41. The van der Waals surface area contributed by atoms with Gasteiger partial charge >= 0.3 is 12.1 Å². The molecule has 0 radical (unpaired) electrons. The van der Waals surface area contributed by atoms with Crippen molar-refractivity contribution in [1.82, 2.24) is 5.32 Å². The minimum absolute atomic E-state index is 0.0346. The molecule has 2 aromatic carbocycles. The molecule has 5 nitrogen and oxygen atoms in total. The molecule has 0 fully saturated rings. The van der Waals surface area contributed by atoms with Gasteiger partial charge < -0.3 is 15.2 Å². The molecule has 0 spiro atoms. The van der Waals surface area contributed by atoms with Gasteiger partial charge in [0.25, 0.3) is 5.91 Å². The van der Waals surface area contributed by atoms with Crippen LogP contribution in [0.4, 0.5) is 13.2 Å². The standard InChI is InChI=1S/C20H20F3NO4S/c1-28-16-8-5-13(10-17(29-2)19(26)27)9-15(16)18(25)24-11-12-3-6-14(7-4-12)20(21,22)23/h3-9,17H,10-11H2,1-2H3,(H,24,25)(H,26,27). The number of rotatable bonds is 8. The van der Waals surface area contributed by atoms with Crippen LogP contribution in [0.15, 0.2) is 42.5 Å². The monoisotopic (exact) mass is 427 g/mol. The Kier molecular flexibility index (Phi) is 7.55. The molecular weight excluding hydrogens is 407 g/mol. The molecule has 2 N–H and O–H groups in total. The maximum atomic E-state index is 12.6. The quantitative estimate of drug-likeness (QED) is 0.666. The number of carbonyl (C=O) groups is 2. The smallest absolute Gasteiger partial charge is 0.416 e. The molecule has 1 atom stereocenters. The largest absolute Gasteiger partial charge is 0.496 e. The fraction of sp³-hybridized carbons (Fsp3) is 0.300. The number of methoxy groups -OCH3 is 1. The molecule has 0 aliphatic carbocycles. The Morgan fingerprint density at radius 1 is 1.14 bits per heavy atom. The van der Waals surface area contributed by atoms with Crippen LogP contribution < -0.4 is 10.1 Å². The van der Waals surface area contributed by atoms with Gasteiger partial charge in [-0.3, -0.25) is 9.59 Å². The molecule has 0 aliphatic heterocycles. The Balaban J connectivity index is 2.12. The van der Waals surface area contributed by atoms with Crippen LogP contribution in [0, 0.1) is 0 Å². The predicted molar refractivity (Wildman–Crippen MR) is 104 cm³/mol. The fourth-order valence-electron chi connectivity index (χ4n) is 2.63. The van der Waals surface area contributed by atoms with Crippen LogP contribution in [-0.2, 0) is 23.9 Å². The zero-order valence-electron chi connectivity index (χ0n) is 15.7. The van der Waals surface area contributed by atoms with Gasteiger partial charge in [-0.25, -0.2) is 0 Å². The first-order valence-electron chi connectivity index (χ1n) is 8.52. The van der Waals surface area contributed by atoms with Gasteiger partial charge in [-0.1, -0.05) is 18.2 Å². The lowest BCUT2D eigenvalue weighted by Crippen LogP contribution is -2.24. The van der Waals surface area contributed by atoms with E-state index < -0.39 is 28.9 Å². The van der Waals surface area contributed by atoms with Crippen molar-refractivity contribution in [3.05, 3.63) is 64.7 Å². The average molecular weight is 427 g/mol. The third-order valence-electron chi connectivity index (χ3n) is 4.22. The second-order valence-electron chi connectivity index (χ2n) is 6.18. The number of alkyl halides is 3. The molecule has 29 heavy (non-hydrogen) atoms. The number of carbonyl (C=O) groups excluding carboxylic acids is 1. The first-order valence-corrected chi connectivity index (χ1v) is 9.81. The van der Waals surface area contributed by atoms with Crippen molar-refractivity contribution in [3.8, 4) is 5.75 Å². The predicted octanol–water partition coefficient (Wildman–Crippen LogP) is 4.00. The molecule has 0 saturated carbocycles. The van der Waals surface area contributed by atoms with E-state index in [0.29, 0.717) is 16.9 Å². The van der Waals surface area contributed by atoms with Gasteiger partial charge in [0.05, 0.1) is 18.2 Å². The second kappa shape index (κ2) is 9.69. The minimum Gasteiger partial charge on any atom is -0.496 e. The van der Waals surface area contributed by atoms with Gasteiger partial charge in [0.2, 0.25) is 0 Å². The van der Waals surface area contributed by atoms with E-state index in [0.717, 1.165) is 12.1 Å². The number of hydrogen-bond acceptors (Lipinski definition) is 4. The third kappa shape index (κ3) is 6.15. The van der Waals surface area contributed by atoms with Gasteiger partial charge in [0.1, 0.15) is 11.0 Å². The summed E-state index contributed by atoms with van der Waals surface area (Å²) < 4.78 is 43.1. The number of hydrogen-bond donors (Lipinski definition) is 2. The SMILES string of the molecule is COc1ccc(CC(SC)C(=O)O)cc1C(=O)NCc1ccc(C(F)(F)F)cc1. The topological polar surface area (TPSA) is 75.6 Å². The molecule has 1 amide bonds. The summed E-state index contributed by atoms with van der Waals surface area (Å²) in [5.74, 6) is -1.10. The van der Waals surface area contributed by atoms with E-state index in [1.54, 1.807) is 24.5 Å². The van der Waals surface area contributed by atoms with E-state index in [-0.39, 0.29) is 18.5 Å². The molecule has 1 unspecified atom stereocenters. The van der Waals surface area contributed by atoms with Crippen molar-refractivity contribution in [1.29, 1.82) is 0 Å². The van der Waals surface area contributed by atoms with E-state index >= 15 is 0 Å². The molecule has 9 heteroatoms. The minimum atomic E-state index is -4.42. The molecule has 0 bridgehead atoms. The lowest BCUT2D eigenvalue weighted by Gasteiger charge is -2.14. The van der Waals surface area contributed by atoms with Gasteiger partial charge in [-0.15, -0.1) is 11.8 Å². The normalized spacial score (nSPS) is 12.3. The average Bonchev–Trinajstić information content (AvgIpc) is 2.69. The number of nitrogens with one attached hydrogen (secondary N) is 1. The molecule has 2 rings (SSSR count). The number of halogens is 3. The van der Waals surface area contributed by atoms with E-state index in [4.69, 9.17) is 4.74 Å². The number of amides is 1. The molecule has 0 aromatic heterocycles. The zero-order chi connectivity index (χ0) is 21.6. The molecule has 156 valence electrons. The zero-order valence-corrected chi connectivity index (χ0v) is 16.6. The summed E-state index contributed by atoms with van der Waals surface area (Å²) in [6, 6.07) is 9.35. The molecule has 2 aromatic rings. The Morgan fingerprint density at radius 2 is 1.76 bits per heavy atom. The molecule has 0 aliphatic rings. The fourth-order valence-corrected chi connectivity index (χ4v) is 3.19. The van der Waals surface area contributed by atoms with E-state index in [2.05, 4.69) is 5.32 Å². The Labute approximate surface area is 170 Å². The van der Waals surface area contributed by atoms with Crippen molar-refractivity contribution in [2.24, 2.45) is 0 Å². The maximum absolute atomic E-state index is 12.6. The molecule has 0 heterocycles. The summed E-state index contributed by atoms with van der Waals surface area (Å²) in [4.78, 5) is 23.8. The summed E-state index contributed by atoms with van der Waals surface area (Å²) >= 11 is 1.20. The summed E-state index contributed by atoms with van der Waals surface area (Å²) in [6.45, 7) is 0.0346. The van der Waals surface area contributed by atoms with Crippen molar-refractivity contribution in [2.45, 2.75) is 24.4 Å². The first kappa shape index (κ1) is 22.6. The number of ether oxygens (including phenoxy) is 1. The van der Waals surface area contributed by atoms with Crippen LogP contribution >= 0.6 is 11.8 Å². The lowest BCUT2D eigenvalue weighted by molar-refractivity contribution is -0.138. The number of benzene rings is 2. The van der Waals surface area contributed by atoms with E-state index in [9.17, 15) is 27.9 Å². The third-order valence-corrected chi connectivity index (χ3v) is 5.16. The van der Waals surface area contributed by atoms with Gasteiger partial charge in [-0.05, 0) is 48.1 Å². The van der Waals surface area contributed by atoms with Crippen LogP contribution in [-0.4, -0.2) is 35.6 Å². The summed E-state index contributed by atoms with van der Waals surface area (Å²) in [6.07, 6.45) is -2.49. The first-order chi connectivity index (χ1) is 13.7. The Morgan fingerprint density at radius 3 is 2.28 bits per heavy atom. The highest BCUT2D eigenvalue weighted by Gasteiger charge is 2.29. The summed E-state index contributed by atoms with van der Waals surface area (Å²) in [5, 5.41) is 11.2. The summed E-state index contributed by atoms with van der Waals surface area (Å²) in [5.41, 5.74) is 0.632. The van der Waals surface area contributed by atoms with Gasteiger partial charge in [-0.2, -0.15) is 13.2 Å². The lowest BCUT2D eigenvalue weighted by atomic mass is 10.0. The van der Waals surface area contributed by atoms with Crippen LogP contribution in [0.25, 0.3) is 0 Å². The van der Waals surface area contributed by atoms with Gasteiger partial charge in [0, 0.05) is 6.54 Å². The van der Waals surface area contributed by atoms with Crippen LogP contribution in [0.5, 0.6) is 5.75 Å². The number of aliphatic carboxylic acids is 1. The molecule has 0 saturated heterocycles. The highest BCUT2D eigenvalue weighted by atomic mass is 32.2. The van der Waals surface area contributed by atoms with Crippen LogP contribution in [0.2, 0.25) is 0 Å². The number of carboxylic acids is 1. The maximum Gasteiger partial charge on any atom is 0.416 e. The Hall–Kier alpha value is -2.68. The van der Waals surface area contributed by atoms with E-state index in [1.165, 1.54) is 31.0 Å². The highest BCUT2D eigenvalue weighted by molar-refractivity contribution is 7.99. The van der Waals surface area contributed by atoms with Crippen molar-refractivity contribution in [3.63, 3.8) is 0 Å². The second-order valence-corrected chi connectivity index (χ2v) is 7.22. The van der Waals surface area contributed by atoms with Crippen molar-refractivity contribution in [2.75, 3.05) is 13.4 Å².